The smallest absolute Gasteiger partial charge is 0.297 e. The fourth-order valence-electron chi connectivity index (χ4n) is 3.01. The van der Waals surface area contributed by atoms with Crippen molar-refractivity contribution < 1.29 is 22.1 Å². The Bertz CT molecular complexity index is 838. The van der Waals surface area contributed by atoms with Gasteiger partial charge in [0.2, 0.25) is 0 Å². The van der Waals surface area contributed by atoms with E-state index in [9.17, 15) is 8.42 Å². The topological polar surface area (TPSA) is 61.8 Å². The van der Waals surface area contributed by atoms with Gasteiger partial charge in [0, 0.05) is 24.0 Å². The molecule has 1 unspecified atom stereocenters. The van der Waals surface area contributed by atoms with Gasteiger partial charge in [0.05, 0.1) is 11.5 Å². The summed E-state index contributed by atoms with van der Waals surface area (Å²) >= 11 is 0. The average molecular weight is 346 g/mol. The van der Waals surface area contributed by atoms with Crippen LogP contribution in [0.5, 0.6) is 11.5 Å². The second-order valence-electron chi connectivity index (χ2n) is 6.16. The van der Waals surface area contributed by atoms with E-state index in [1.807, 2.05) is 19.1 Å². The van der Waals surface area contributed by atoms with E-state index in [2.05, 4.69) is 0 Å². The minimum atomic E-state index is -3.77. The molecule has 24 heavy (non-hydrogen) atoms. The number of aryl methyl sites for hydroxylation is 1. The Labute approximate surface area is 141 Å². The van der Waals surface area contributed by atoms with Crippen molar-refractivity contribution in [1.29, 1.82) is 0 Å². The van der Waals surface area contributed by atoms with Crippen LogP contribution in [0.1, 0.15) is 16.7 Å². The zero-order valence-electron chi connectivity index (χ0n) is 13.3. The van der Waals surface area contributed by atoms with Crippen LogP contribution in [-0.4, -0.2) is 27.7 Å². The first-order chi connectivity index (χ1) is 11.5. The summed E-state index contributed by atoms with van der Waals surface area (Å²) in [6.45, 7) is 2.61. The van der Waals surface area contributed by atoms with Gasteiger partial charge >= 0.3 is 0 Å². The summed E-state index contributed by atoms with van der Waals surface area (Å²) in [4.78, 5) is 0.163. The second-order valence-corrected chi connectivity index (χ2v) is 7.78. The number of hydrogen-bond donors (Lipinski definition) is 0. The minimum Gasteiger partial charge on any atom is -0.493 e. The lowest BCUT2D eigenvalue weighted by Gasteiger charge is -2.11. The van der Waals surface area contributed by atoms with Crippen LogP contribution in [0.15, 0.2) is 41.3 Å². The molecular formula is C18H18O5S. The van der Waals surface area contributed by atoms with Crippen molar-refractivity contribution in [3.05, 3.63) is 53.1 Å². The van der Waals surface area contributed by atoms with Crippen molar-refractivity contribution >= 4 is 10.1 Å². The molecule has 2 aliphatic rings. The van der Waals surface area contributed by atoms with Crippen LogP contribution < -0.4 is 9.47 Å². The van der Waals surface area contributed by atoms with Crippen molar-refractivity contribution in [2.75, 3.05) is 13.2 Å². The van der Waals surface area contributed by atoms with Crippen molar-refractivity contribution in [3.63, 3.8) is 0 Å². The molecule has 6 heteroatoms. The number of hydrogen-bond acceptors (Lipinski definition) is 5. The maximum absolute atomic E-state index is 12.2. The lowest BCUT2D eigenvalue weighted by molar-refractivity contribution is 0.152. The molecule has 0 saturated carbocycles. The quantitative estimate of drug-likeness (QED) is 0.797. The van der Waals surface area contributed by atoms with Crippen LogP contribution >= 0.6 is 0 Å². The number of ether oxygens (including phenoxy) is 2. The van der Waals surface area contributed by atoms with E-state index in [1.54, 1.807) is 24.3 Å². The van der Waals surface area contributed by atoms with E-state index in [1.165, 1.54) is 0 Å². The Morgan fingerprint density at radius 3 is 2.67 bits per heavy atom. The Balaban J connectivity index is 1.43. The summed E-state index contributed by atoms with van der Waals surface area (Å²) in [6, 6.07) is 10.6. The monoisotopic (exact) mass is 346 g/mol. The highest BCUT2D eigenvalue weighted by Crippen LogP contribution is 2.37. The van der Waals surface area contributed by atoms with Gasteiger partial charge in [0.1, 0.15) is 24.2 Å². The van der Waals surface area contributed by atoms with Crippen LogP contribution in [0.25, 0.3) is 0 Å². The van der Waals surface area contributed by atoms with Gasteiger partial charge in [-0.2, -0.15) is 8.42 Å². The average Bonchev–Trinajstić information content (AvgIpc) is 3.16. The molecule has 0 radical (unpaired) electrons. The van der Waals surface area contributed by atoms with Gasteiger partial charge in [0.25, 0.3) is 10.1 Å². The fraction of sp³-hybridized carbons (Fsp3) is 0.333. The first-order valence-corrected chi connectivity index (χ1v) is 9.33. The first kappa shape index (κ1) is 15.5. The number of fused-ring (bicyclic) bond motifs is 2. The normalized spacial score (nSPS) is 18.6. The Morgan fingerprint density at radius 1 is 1.12 bits per heavy atom. The highest BCUT2D eigenvalue weighted by molar-refractivity contribution is 7.86. The van der Waals surface area contributed by atoms with Crippen LogP contribution in [0.3, 0.4) is 0 Å². The summed E-state index contributed by atoms with van der Waals surface area (Å²) in [5, 5.41) is 0. The summed E-state index contributed by atoms with van der Waals surface area (Å²) in [5.74, 6) is 1.71. The SMILES string of the molecule is Cc1ccc(S(=O)(=O)OCC2Cc3cc4c(cc3O2)CCO4)cc1. The molecule has 4 rings (SSSR count). The summed E-state index contributed by atoms with van der Waals surface area (Å²) in [5.41, 5.74) is 3.18. The summed E-state index contributed by atoms with van der Waals surface area (Å²) in [6.07, 6.45) is 1.20. The molecule has 0 amide bonds. The van der Waals surface area contributed by atoms with Crippen molar-refractivity contribution in [2.24, 2.45) is 0 Å². The van der Waals surface area contributed by atoms with E-state index >= 15 is 0 Å². The molecule has 2 aromatic rings. The van der Waals surface area contributed by atoms with Crippen LogP contribution in [-0.2, 0) is 27.1 Å². The largest absolute Gasteiger partial charge is 0.493 e. The van der Waals surface area contributed by atoms with Crippen LogP contribution in [0.4, 0.5) is 0 Å². The summed E-state index contributed by atoms with van der Waals surface area (Å²) < 4.78 is 41.1. The molecule has 0 spiro atoms. The molecule has 0 bridgehead atoms. The van der Waals surface area contributed by atoms with E-state index in [0.29, 0.717) is 13.0 Å². The van der Waals surface area contributed by atoms with Gasteiger partial charge in [-0.25, -0.2) is 0 Å². The standard InChI is InChI=1S/C18H18O5S/c1-12-2-4-16(5-3-12)24(19,20)22-11-15-8-14-10-17-13(6-7-21-17)9-18(14)23-15/h2-5,9-10,15H,6-8,11H2,1H3. The molecule has 0 aliphatic carbocycles. The molecular weight excluding hydrogens is 328 g/mol. The molecule has 0 fully saturated rings. The van der Waals surface area contributed by atoms with E-state index in [0.717, 1.165) is 34.6 Å². The van der Waals surface area contributed by atoms with Crippen LogP contribution in [0, 0.1) is 6.92 Å². The maximum atomic E-state index is 12.2. The predicted molar refractivity (Wildman–Crippen MR) is 88.1 cm³/mol. The molecule has 2 heterocycles. The highest BCUT2D eigenvalue weighted by Gasteiger charge is 2.28. The van der Waals surface area contributed by atoms with Crippen molar-refractivity contribution in [1.82, 2.24) is 0 Å². The lowest BCUT2D eigenvalue weighted by Crippen LogP contribution is -2.23. The third-order valence-electron chi connectivity index (χ3n) is 4.33. The highest BCUT2D eigenvalue weighted by atomic mass is 32.2. The molecule has 126 valence electrons. The fourth-order valence-corrected chi connectivity index (χ4v) is 3.95. The van der Waals surface area contributed by atoms with Gasteiger partial charge in [-0.3, -0.25) is 4.18 Å². The van der Waals surface area contributed by atoms with E-state index in [-0.39, 0.29) is 17.6 Å². The third kappa shape index (κ3) is 2.87. The predicted octanol–water partition coefficient (Wildman–Crippen LogP) is 2.64. The van der Waals surface area contributed by atoms with Gasteiger partial charge in [-0.1, -0.05) is 17.7 Å². The number of benzene rings is 2. The number of rotatable bonds is 4. The molecule has 2 aromatic carbocycles. The zero-order chi connectivity index (χ0) is 16.7. The minimum absolute atomic E-state index is 0.00356. The molecule has 5 nitrogen and oxygen atoms in total. The molecule has 0 saturated heterocycles. The van der Waals surface area contributed by atoms with Crippen LogP contribution in [0.2, 0.25) is 0 Å². The Morgan fingerprint density at radius 2 is 1.88 bits per heavy atom. The zero-order valence-corrected chi connectivity index (χ0v) is 14.1. The molecule has 2 aliphatic heterocycles. The molecule has 0 aromatic heterocycles. The lowest BCUT2D eigenvalue weighted by atomic mass is 10.1. The second kappa shape index (κ2) is 5.79. The van der Waals surface area contributed by atoms with Crippen molar-refractivity contribution in [2.45, 2.75) is 30.8 Å². The Hall–Kier alpha value is -2.05. The van der Waals surface area contributed by atoms with E-state index in [4.69, 9.17) is 13.7 Å². The first-order valence-electron chi connectivity index (χ1n) is 7.93. The van der Waals surface area contributed by atoms with Gasteiger partial charge < -0.3 is 9.47 Å². The Kier molecular flexibility index (Phi) is 3.73. The molecule has 1 atom stereocenters. The van der Waals surface area contributed by atoms with Crippen molar-refractivity contribution in [3.8, 4) is 11.5 Å². The summed E-state index contributed by atoms with van der Waals surface area (Å²) in [7, 11) is -3.77. The van der Waals surface area contributed by atoms with Gasteiger partial charge in [-0.15, -0.1) is 0 Å². The van der Waals surface area contributed by atoms with E-state index < -0.39 is 10.1 Å². The van der Waals surface area contributed by atoms with Gasteiger partial charge in [-0.05, 0) is 31.2 Å². The van der Waals surface area contributed by atoms with Gasteiger partial charge in [0.15, 0.2) is 0 Å². The maximum Gasteiger partial charge on any atom is 0.297 e. The molecule has 0 N–H and O–H groups in total. The third-order valence-corrected chi connectivity index (χ3v) is 5.63.